The van der Waals surface area contributed by atoms with Crippen molar-refractivity contribution in [1.29, 1.82) is 0 Å². The fourth-order valence-electron chi connectivity index (χ4n) is 11.6. The van der Waals surface area contributed by atoms with Gasteiger partial charge >= 0.3 is 0 Å². The van der Waals surface area contributed by atoms with Crippen LogP contribution in [0.1, 0.15) is 0 Å². The highest BCUT2D eigenvalue weighted by atomic mass is 14.9. The van der Waals surface area contributed by atoms with Crippen molar-refractivity contribution in [2.75, 3.05) is 0 Å². The maximum Gasteiger partial charge on any atom is 0.160 e. The van der Waals surface area contributed by atoms with Crippen molar-refractivity contribution in [3.05, 3.63) is 298 Å². The number of nitrogens with zero attached hydrogens (tertiary/aromatic N) is 9. The van der Waals surface area contributed by atoms with E-state index in [2.05, 4.69) is 257 Å². The standard InChI is InChI=1S/C79H49N9/c1-5-63-43-60(29-34-69(63)80-39-1)52-13-23-57(24-14-52)75-47-74(85-78(86-75)58-25-15-53(16-26-58)61-30-35-70-64(44-61)6-2-40-81-70)55-19-9-50(10-20-55)51-11-21-56(22-12-51)76-48-77(68-33-38-73(84-49-68)67-32-37-72-66(46-67)8-4-42-83-72)88-79(87-76)59-27-17-54(18-28-59)62-31-36-71-65(45-62)7-3-41-82-71/h1-49H. The number of hydrogen-bond acceptors (Lipinski definition) is 9. The zero-order valence-corrected chi connectivity index (χ0v) is 47.3. The Bertz CT molecular complexity index is 4670. The summed E-state index contributed by atoms with van der Waals surface area (Å²) >= 11 is 0. The van der Waals surface area contributed by atoms with E-state index in [9.17, 15) is 0 Å². The average molecular weight is 1120 g/mol. The molecule has 0 aliphatic carbocycles. The first-order valence-corrected chi connectivity index (χ1v) is 29.2. The second-order valence-corrected chi connectivity index (χ2v) is 21.9. The lowest BCUT2D eigenvalue weighted by Crippen LogP contribution is -1.97. The van der Waals surface area contributed by atoms with Gasteiger partial charge in [-0.1, -0.05) is 170 Å². The molecule has 0 bridgehead atoms. The maximum absolute atomic E-state index is 5.25. The summed E-state index contributed by atoms with van der Waals surface area (Å²) in [5.74, 6) is 1.27. The van der Waals surface area contributed by atoms with Gasteiger partial charge in [0.25, 0.3) is 0 Å². The van der Waals surface area contributed by atoms with E-state index in [0.717, 1.165) is 156 Å². The number of hydrogen-bond donors (Lipinski definition) is 0. The van der Waals surface area contributed by atoms with Crippen LogP contribution in [0.15, 0.2) is 298 Å². The minimum absolute atomic E-state index is 0.621. The molecule has 7 heterocycles. The molecule has 9 aromatic carbocycles. The summed E-state index contributed by atoms with van der Waals surface area (Å²) in [6, 6.07) is 92.7. The van der Waals surface area contributed by atoms with Crippen LogP contribution >= 0.6 is 0 Å². The Morgan fingerprint density at radius 2 is 0.432 bits per heavy atom. The smallest absolute Gasteiger partial charge is 0.160 e. The Kier molecular flexibility index (Phi) is 13.0. The number of benzene rings is 9. The highest BCUT2D eigenvalue weighted by Gasteiger charge is 2.16. The van der Waals surface area contributed by atoms with Crippen molar-refractivity contribution < 1.29 is 0 Å². The molecule has 9 nitrogen and oxygen atoms in total. The second-order valence-electron chi connectivity index (χ2n) is 21.9. The van der Waals surface area contributed by atoms with Crippen LogP contribution in [0.2, 0.25) is 0 Å². The van der Waals surface area contributed by atoms with Crippen molar-refractivity contribution in [3.63, 3.8) is 0 Å². The minimum atomic E-state index is 0.621. The Hall–Kier alpha value is -12.1. The third-order valence-electron chi connectivity index (χ3n) is 16.4. The van der Waals surface area contributed by atoms with E-state index in [1.807, 2.05) is 61.3 Å². The average Bonchev–Trinajstić information content (AvgIpc) is 3.12. The molecule has 0 aliphatic rings. The molecular weight excluding hydrogens is 1070 g/mol. The Labute approximate surface area is 507 Å². The van der Waals surface area contributed by atoms with Crippen LogP contribution in [0.25, 0.3) is 167 Å². The summed E-state index contributed by atoms with van der Waals surface area (Å²) in [5, 5.41) is 4.37. The van der Waals surface area contributed by atoms with Crippen molar-refractivity contribution >= 4 is 43.6 Å². The molecule has 0 N–H and O–H groups in total. The molecule has 0 fully saturated rings. The van der Waals surface area contributed by atoms with E-state index in [0.29, 0.717) is 11.6 Å². The Morgan fingerprint density at radius 1 is 0.170 bits per heavy atom. The van der Waals surface area contributed by atoms with Gasteiger partial charge < -0.3 is 0 Å². The molecule has 7 aromatic heterocycles. The molecule has 0 amide bonds. The molecule has 0 atom stereocenters. The number of rotatable bonds is 11. The molecule has 9 heteroatoms. The quantitative estimate of drug-likeness (QED) is 0.125. The van der Waals surface area contributed by atoms with E-state index < -0.39 is 0 Å². The monoisotopic (exact) mass is 1120 g/mol. The van der Waals surface area contributed by atoms with Crippen LogP contribution in [0.3, 0.4) is 0 Å². The topological polar surface area (TPSA) is 116 Å². The van der Waals surface area contributed by atoms with Crippen LogP contribution in [0.5, 0.6) is 0 Å². The van der Waals surface area contributed by atoms with Gasteiger partial charge in [0, 0.05) is 91.5 Å². The van der Waals surface area contributed by atoms with Crippen molar-refractivity contribution in [2.24, 2.45) is 0 Å². The van der Waals surface area contributed by atoms with Gasteiger partial charge in [0.2, 0.25) is 0 Å². The van der Waals surface area contributed by atoms with E-state index in [-0.39, 0.29) is 0 Å². The summed E-state index contributed by atoms with van der Waals surface area (Å²) in [7, 11) is 0. The van der Waals surface area contributed by atoms with E-state index in [1.54, 1.807) is 0 Å². The van der Waals surface area contributed by atoms with Gasteiger partial charge in [-0.15, -0.1) is 0 Å². The SMILES string of the molecule is c1cnc2ccc(-c3ccc(-c4cc(-c5ccc(-c6ccc(-c7cc(-c8ccc(-c9ccc%10ncccc%10c9)nc8)nc(-c8ccc(-c9ccc%10ncccc%10c9)cc8)n7)cc6)cc5)nc(-c5ccc(-c6ccc7ncccc7c6)cc5)n4)cc3)cc2c1. The highest BCUT2D eigenvalue weighted by Crippen LogP contribution is 2.36. The minimum Gasteiger partial charge on any atom is -0.256 e. The fourth-order valence-corrected chi connectivity index (χ4v) is 11.6. The maximum atomic E-state index is 5.25. The Morgan fingerprint density at radius 3 is 0.761 bits per heavy atom. The molecule has 0 unspecified atom stereocenters. The molecule has 0 spiro atoms. The fraction of sp³-hybridized carbons (Fsp3) is 0. The highest BCUT2D eigenvalue weighted by molar-refractivity contribution is 5.89. The first kappa shape index (κ1) is 51.6. The number of fused-ring (bicyclic) bond motifs is 4. The van der Waals surface area contributed by atoms with Gasteiger partial charge in [0.05, 0.1) is 50.5 Å². The van der Waals surface area contributed by atoms with Gasteiger partial charge in [-0.3, -0.25) is 24.9 Å². The molecule has 88 heavy (non-hydrogen) atoms. The summed E-state index contributed by atoms with van der Waals surface area (Å²) in [4.78, 5) is 43.9. The summed E-state index contributed by atoms with van der Waals surface area (Å²) < 4.78 is 0. The lowest BCUT2D eigenvalue weighted by Gasteiger charge is -2.12. The van der Waals surface area contributed by atoms with Crippen molar-refractivity contribution in [2.45, 2.75) is 0 Å². The largest absolute Gasteiger partial charge is 0.256 e. The Balaban J connectivity index is 0.712. The molecule has 16 aromatic rings. The van der Waals surface area contributed by atoms with E-state index >= 15 is 0 Å². The summed E-state index contributed by atoms with van der Waals surface area (Å²) in [5.41, 5.74) is 23.5. The van der Waals surface area contributed by atoms with Crippen LogP contribution in [-0.2, 0) is 0 Å². The first-order valence-electron chi connectivity index (χ1n) is 29.2. The predicted molar refractivity (Wildman–Crippen MR) is 356 cm³/mol. The zero-order chi connectivity index (χ0) is 58.3. The predicted octanol–water partition coefficient (Wildman–Crippen LogP) is 19.2. The summed E-state index contributed by atoms with van der Waals surface area (Å²) in [6.45, 7) is 0. The van der Waals surface area contributed by atoms with Gasteiger partial charge in [0.15, 0.2) is 11.6 Å². The third kappa shape index (κ3) is 10.2. The van der Waals surface area contributed by atoms with Gasteiger partial charge in [-0.2, -0.15) is 0 Å². The first-order chi connectivity index (χ1) is 43.5. The second kappa shape index (κ2) is 22.2. The number of pyridine rings is 5. The van der Waals surface area contributed by atoms with Crippen LogP contribution in [0.4, 0.5) is 0 Å². The van der Waals surface area contributed by atoms with Crippen molar-refractivity contribution in [1.82, 2.24) is 44.9 Å². The van der Waals surface area contributed by atoms with Crippen molar-refractivity contribution in [3.8, 4) is 124 Å². The van der Waals surface area contributed by atoms with Crippen LogP contribution in [0, 0.1) is 0 Å². The lowest BCUT2D eigenvalue weighted by atomic mass is 9.98. The molecule has 0 saturated heterocycles. The molecule has 410 valence electrons. The lowest BCUT2D eigenvalue weighted by molar-refractivity contribution is 1.18. The molecule has 0 saturated carbocycles. The van der Waals surface area contributed by atoms with Crippen LogP contribution < -0.4 is 0 Å². The normalized spacial score (nSPS) is 11.4. The summed E-state index contributed by atoms with van der Waals surface area (Å²) in [6.07, 6.45) is 9.20. The third-order valence-corrected chi connectivity index (χ3v) is 16.4. The molecular formula is C79H49N9. The number of aromatic nitrogens is 9. The van der Waals surface area contributed by atoms with Gasteiger partial charge in [0.1, 0.15) is 0 Å². The van der Waals surface area contributed by atoms with E-state index in [1.165, 1.54) is 0 Å². The van der Waals surface area contributed by atoms with Crippen LogP contribution in [-0.4, -0.2) is 44.9 Å². The molecule has 0 radical (unpaired) electrons. The zero-order valence-electron chi connectivity index (χ0n) is 47.3. The van der Waals surface area contributed by atoms with E-state index in [4.69, 9.17) is 24.9 Å². The molecule has 0 aliphatic heterocycles. The molecule has 16 rings (SSSR count). The van der Waals surface area contributed by atoms with Gasteiger partial charge in [-0.25, -0.2) is 19.9 Å². The van der Waals surface area contributed by atoms with Gasteiger partial charge in [-0.05, 0) is 142 Å².